The molecule has 1 unspecified atom stereocenters. The predicted molar refractivity (Wildman–Crippen MR) is 36.7 cm³/mol. The number of hydrogen-bond donors (Lipinski definition) is 2. The van der Waals surface area contributed by atoms with Gasteiger partial charge in [-0.1, -0.05) is 0 Å². The standard InChI is InChI=1S/C7H14O3/c1-5(8)6-3-7(2,9)4-10-6/h5-6,8-9H,3-4H2,1-2H3/t5-,6?,7+/m1/s1. The van der Waals surface area contributed by atoms with E-state index < -0.39 is 11.7 Å². The van der Waals surface area contributed by atoms with Crippen LogP contribution in [-0.2, 0) is 4.74 Å². The molecule has 1 rings (SSSR count). The molecule has 1 aliphatic rings. The van der Waals surface area contributed by atoms with E-state index in [2.05, 4.69) is 0 Å². The smallest absolute Gasteiger partial charge is 0.0878 e. The molecule has 1 fully saturated rings. The van der Waals surface area contributed by atoms with Gasteiger partial charge in [0, 0.05) is 6.42 Å². The van der Waals surface area contributed by atoms with E-state index in [9.17, 15) is 5.11 Å². The molecule has 3 atom stereocenters. The molecule has 0 aromatic carbocycles. The van der Waals surface area contributed by atoms with Crippen LogP contribution in [0, 0.1) is 0 Å². The number of aliphatic hydroxyl groups is 2. The zero-order valence-electron chi connectivity index (χ0n) is 6.37. The fourth-order valence-corrected chi connectivity index (χ4v) is 1.15. The Balaban J connectivity index is 2.43. The Hall–Kier alpha value is -0.120. The monoisotopic (exact) mass is 146 g/mol. The summed E-state index contributed by atoms with van der Waals surface area (Å²) in [5, 5.41) is 18.4. The molecule has 0 radical (unpaired) electrons. The Morgan fingerprint density at radius 2 is 2.30 bits per heavy atom. The number of ether oxygens (including phenoxy) is 1. The van der Waals surface area contributed by atoms with Gasteiger partial charge in [-0.3, -0.25) is 0 Å². The molecule has 3 heteroatoms. The van der Waals surface area contributed by atoms with Crippen molar-refractivity contribution < 1.29 is 14.9 Å². The molecule has 3 nitrogen and oxygen atoms in total. The zero-order valence-corrected chi connectivity index (χ0v) is 6.37. The van der Waals surface area contributed by atoms with Gasteiger partial charge in [0.15, 0.2) is 0 Å². The predicted octanol–water partition coefficient (Wildman–Crippen LogP) is -0.0929. The SMILES string of the molecule is C[C@@H](O)C1C[C@](C)(O)CO1. The minimum Gasteiger partial charge on any atom is -0.391 e. The second kappa shape index (κ2) is 2.49. The molecule has 1 heterocycles. The molecular weight excluding hydrogens is 132 g/mol. The molecule has 2 N–H and O–H groups in total. The van der Waals surface area contributed by atoms with Crippen molar-refractivity contribution in [3.05, 3.63) is 0 Å². The summed E-state index contributed by atoms with van der Waals surface area (Å²) >= 11 is 0. The van der Waals surface area contributed by atoms with Gasteiger partial charge in [0.1, 0.15) is 0 Å². The Kier molecular flexibility index (Phi) is 1.99. The summed E-state index contributed by atoms with van der Waals surface area (Å²) < 4.78 is 5.13. The van der Waals surface area contributed by atoms with Gasteiger partial charge in [-0.2, -0.15) is 0 Å². The van der Waals surface area contributed by atoms with Gasteiger partial charge >= 0.3 is 0 Å². The van der Waals surface area contributed by atoms with Gasteiger partial charge in [-0.05, 0) is 13.8 Å². The average molecular weight is 146 g/mol. The zero-order chi connectivity index (χ0) is 7.78. The van der Waals surface area contributed by atoms with Crippen molar-refractivity contribution in [1.82, 2.24) is 0 Å². The molecule has 10 heavy (non-hydrogen) atoms. The van der Waals surface area contributed by atoms with Crippen LogP contribution in [0.15, 0.2) is 0 Å². The van der Waals surface area contributed by atoms with E-state index in [1.165, 1.54) is 0 Å². The second-order valence-electron chi connectivity index (χ2n) is 3.29. The number of rotatable bonds is 1. The quantitative estimate of drug-likeness (QED) is 0.543. The normalized spacial score (nSPS) is 43.8. The molecule has 0 amide bonds. The van der Waals surface area contributed by atoms with Crippen molar-refractivity contribution in [3.63, 3.8) is 0 Å². The molecule has 1 saturated heterocycles. The van der Waals surface area contributed by atoms with Crippen molar-refractivity contribution in [1.29, 1.82) is 0 Å². The summed E-state index contributed by atoms with van der Waals surface area (Å²) in [5.74, 6) is 0. The maximum absolute atomic E-state index is 9.38. The Bertz CT molecular complexity index is 120. The lowest BCUT2D eigenvalue weighted by Crippen LogP contribution is -2.26. The van der Waals surface area contributed by atoms with Gasteiger partial charge in [-0.15, -0.1) is 0 Å². The van der Waals surface area contributed by atoms with Crippen molar-refractivity contribution in [2.45, 2.75) is 38.1 Å². The molecule has 1 aliphatic heterocycles. The molecule has 0 saturated carbocycles. The minimum absolute atomic E-state index is 0.185. The molecule has 0 aromatic heterocycles. The maximum Gasteiger partial charge on any atom is 0.0878 e. The van der Waals surface area contributed by atoms with Crippen LogP contribution in [0.3, 0.4) is 0 Å². The summed E-state index contributed by atoms with van der Waals surface area (Å²) in [6.07, 6.45) is -0.131. The Morgan fingerprint density at radius 3 is 2.50 bits per heavy atom. The Morgan fingerprint density at radius 1 is 1.70 bits per heavy atom. The van der Waals surface area contributed by atoms with Crippen molar-refractivity contribution in [2.24, 2.45) is 0 Å². The molecular formula is C7H14O3. The fraction of sp³-hybridized carbons (Fsp3) is 1.00. The van der Waals surface area contributed by atoms with E-state index in [4.69, 9.17) is 9.84 Å². The molecule has 0 aromatic rings. The first-order valence-corrected chi connectivity index (χ1v) is 3.53. The second-order valence-corrected chi connectivity index (χ2v) is 3.29. The van der Waals surface area contributed by atoms with Crippen LogP contribution in [0.2, 0.25) is 0 Å². The first kappa shape index (κ1) is 7.98. The first-order chi connectivity index (χ1) is 4.51. The lowest BCUT2D eigenvalue weighted by Gasteiger charge is -2.14. The summed E-state index contributed by atoms with van der Waals surface area (Å²) in [4.78, 5) is 0. The van der Waals surface area contributed by atoms with Crippen molar-refractivity contribution in [2.75, 3.05) is 6.61 Å². The highest BCUT2D eigenvalue weighted by molar-refractivity contribution is 4.85. The highest BCUT2D eigenvalue weighted by atomic mass is 16.5. The minimum atomic E-state index is -0.734. The summed E-state index contributed by atoms with van der Waals surface area (Å²) in [7, 11) is 0. The highest BCUT2D eigenvalue weighted by Crippen LogP contribution is 2.24. The average Bonchev–Trinajstić information content (AvgIpc) is 2.10. The lowest BCUT2D eigenvalue weighted by molar-refractivity contribution is -0.000718. The van der Waals surface area contributed by atoms with E-state index in [0.29, 0.717) is 13.0 Å². The maximum atomic E-state index is 9.38. The fourth-order valence-electron chi connectivity index (χ4n) is 1.15. The van der Waals surface area contributed by atoms with Crippen LogP contribution in [0.25, 0.3) is 0 Å². The first-order valence-electron chi connectivity index (χ1n) is 3.53. The van der Waals surface area contributed by atoms with Crippen LogP contribution >= 0.6 is 0 Å². The van der Waals surface area contributed by atoms with E-state index in [1.54, 1.807) is 13.8 Å². The van der Waals surface area contributed by atoms with Crippen LogP contribution < -0.4 is 0 Å². The molecule has 0 bridgehead atoms. The summed E-state index contributed by atoms with van der Waals surface area (Å²) in [6.45, 7) is 3.73. The van der Waals surface area contributed by atoms with Crippen molar-refractivity contribution in [3.8, 4) is 0 Å². The number of hydrogen-bond acceptors (Lipinski definition) is 3. The Labute approximate surface area is 60.6 Å². The number of aliphatic hydroxyl groups excluding tert-OH is 1. The van der Waals surface area contributed by atoms with E-state index >= 15 is 0 Å². The molecule has 0 spiro atoms. The van der Waals surface area contributed by atoms with Crippen LogP contribution in [0.1, 0.15) is 20.3 Å². The van der Waals surface area contributed by atoms with Crippen LogP contribution in [0.5, 0.6) is 0 Å². The topological polar surface area (TPSA) is 49.7 Å². The summed E-state index contributed by atoms with van der Waals surface area (Å²) in [5.41, 5.74) is -0.734. The van der Waals surface area contributed by atoms with E-state index in [1.807, 2.05) is 0 Å². The van der Waals surface area contributed by atoms with Gasteiger partial charge in [0.25, 0.3) is 0 Å². The molecule has 60 valence electrons. The largest absolute Gasteiger partial charge is 0.391 e. The van der Waals surface area contributed by atoms with Crippen LogP contribution in [0.4, 0.5) is 0 Å². The third-order valence-corrected chi connectivity index (χ3v) is 1.79. The van der Waals surface area contributed by atoms with Gasteiger partial charge < -0.3 is 14.9 Å². The van der Waals surface area contributed by atoms with E-state index in [0.717, 1.165) is 0 Å². The van der Waals surface area contributed by atoms with E-state index in [-0.39, 0.29) is 6.10 Å². The van der Waals surface area contributed by atoms with Gasteiger partial charge in [0.2, 0.25) is 0 Å². The van der Waals surface area contributed by atoms with Crippen molar-refractivity contribution >= 4 is 0 Å². The highest BCUT2D eigenvalue weighted by Gasteiger charge is 2.36. The third kappa shape index (κ3) is 1.68. The van der Waals surface area contributed by atoms with Gasteiger partial charge in [-0.25, -0.2) is 0 Å². The molecule has 0 aliphatic carbocycles. The third-order valence-electron chi connectivity index (χ3n) is 1.79. The summed E-state index contributed by atoms with van der Waals surface area (Å²) in [6, 6.07) is 0. The lowest BCUT2D eigenvalue weighted by atomic mass is 10.0. The van der Waals surface area contributed by atoms with Gasteiger partial charge in [0.05, 0.1) is 24.4 Å². The van der Waals surface area contributed by atoms with Crippen LogP contribution in [-0.4, -0.2) is 34.6 Å².